The van der Waals surface area contributed by atoms with Gasteiger partial charge in [0.05, 0.1) is 23.1 Å². The summed E-state index contributed by atoms with van der Waals surface area (Å²) in [6.45, 7) is 3.72. The summed E-state index contributed by atoms with van der Waals surface area (Å²) in [6.07, 6.45) is 4.78. The molecule has 5 atom stereocenters. The number of carboxylic acid groups (broad SMARTS) is 1. The van der Waals surface area contributed by atoms with Crippen LogP contribution in [0.4, 0.5) is 10.1 Å². The van der Waals surface area contributed by atoms with Crippen LogP contribution in [-0.2, 0) is 14.3 Å². The van der Waals surface area contributed by atoms with Gasteiger partial charge in [0.25, 0.3) is 0 Å². The average Bonchev–Trinajstić information content (AvgIpc) is 3.20. The minimum absolute atomic E-state index is 0.116. The summed E-state index contributed by atoms with van der Waals surface area (Å²) in [5.74, 6) is -4.24. The molecule has 130 valence electrons. The molecule has 0 aromatic heterocycles. The minimum atomic E-state index is -1.31. The van der Waals surface area contributed by atoms with Crippen molar-refractivity contribution in [3.8, 4) is 0 Å². The van der Waals surface area contributed by atoms with Crippen LogP contribution in [0.15, 0.2) is 43.0 Å². The summed E-state index contributed by atoms with van der Waals surface area (Å²) >= 11 is 5.86. The summed E-state index contributed by atoms with van der Waals surface area (Å²) in [5.41, 5.74) is -0.661. The van der Waals surface area contributed by atoms with Crippen LogP contribution in [0.25, 0.3) is 0 Å². The Morgan fingerprint density at radius 1 is 1.52 bits per heavy atom. The van der Waals surface area contributed by atoms with E-state index in [1.165, 1.54) is 23.1 Å². The summed E-state index contributed by atoms with van der Waals surface area (Å²) in [4.78, 5) is 26.2. The summed E-state index contributed by atoms with van der Waals surface area (Å²) in [7, 11) is 0. The molecule has 0 saturated carbocycles. The van der Waals surface area contributed by atoms with E-state index in [1.54, 1.807) is 18.2 Å². The second kappa shape index (κ2) is 5.41. The van der Waals surface area contributed by atoms with Crippen LogP contribution in [0, 0.1) is 17.7 Å². The largest absolute Gasteiger partial charge is 0.550 e. The Balaban J connectivity index is 1.84. The van der Waals surface area contributed by atoms with Gasteiger partial charge in [-0.15, -0.1) is 6.58 Å². The van der Waals surface area contributed by atoms with Gasteiger partial charge in [-0.25, -0.2) is 4.39 Å². The van der Waals surface area contributed by atoms with E-state index in [9.17, 15) is 19.1 Å². The molecule has 0 N–H and O–H groups in total. The number of carboxylic acids is 1. The first-order valence-corrected chi connectivity index (χ1v) is 8.25. The number of rotatable bonds is 4. The van der Waals surface area contributed by atoms with Crippen molar-refractivity contribution in [1.29, 1.82) is 0 Å². The predicted octanol–water partition coefficient (Wildman–Crippen LogP) is 1.46. The van der Waals surface area contributed by atoms with Crippen molar-refractivity contribution >= 4 is 29.2 Å². The maximum absolute atomic E-state index is 13.5. The zero-order valence-electron chi connectivity index (χ0n) is 13.0. The Kier molecular flexibility index (Phi) is 3.53. The van der Waals surface area contributed by atoms with Crippen LogP contribution in [-0.4, -0.2) is 29.6 Å². The first-order valence-electron chi connectivity index (χ1n) is 7.88. The third-order valence-corrected chi connectivity index (χ3v) is 5.55. The van der Waals surface area contributed by atoms with Gasteiger partial charge in [-0.2, -0.15) is 0 Å². The zero-order chi connectivity index (χ0) is 17.9. The maximum Gasteiger partial charge on any atom is 0.234 e. The lowest BCUT2D eigenvalue weighted by Gasteiger charge is -2.32. The van der Waals surface area contributed by atoms with Gasteiger partial charge in [-0.05, 0) is 24.6 Å². The number of carbonyl (C=O) groups is 2. The van der Waals surface area contributed by atoms with Gasteiger partial charge in [-0.3, -0.25) is 4.79 Å². The molecule has 0 unspecified atom stereocenters. The second-order valence-electron chi connectivity index (χ2n) is 6.46. The number of ether oxygens (including phenoxy) is 1. The van der Waals surface area contributed by atoms with Gasteiger partial charge in [-0.1, -0.05) is 29.8 Å². The van der Waals surface area contributed by atoms with Crippen LogP contribution in [0.3, 0.4) is 0 Å². The number of hydrogen-bond donors (Lipinski definition) is 0. The van der Waals surface area contributed by atoms with Gasteiger partial charge >= 0.3 is 0 Å². The molecular weight excluding hydrogens is 349 g/mol. The van der Waals surface area contributed by atoms with E-state index in [4.69, 9.17) is 16.3 Å². The number of aliphatic carboxylic acids is 1. The number of benzene rings is 1. The quantitative estimate of drug-likeness (QED) is 0.760. The molecule has 7 heteroatoms. The molecule has 1 aromatic rings. The molecule has 0 aliphatic carbocycles. The summed E-state index contributed by atoms with van der Waals surface area (Å²) in [6, 6.07) is 3.48. The number of carbonyl (C=O) groups excluding carboxylic acids is 2. The maximum atomic E-state index is 13.5. The van der Waals surface area contributed by atoms with Crippen molar-refractivity contribution in [1.82, 2.24) is 0 Å². The highest BCUT2D eigenvalue weighted by molar-refractivity contribution is 6.31. The van der Waals surface area contributed by atoms with Crippen LogP contribution >= 0.6 is 11.6 Å². The molecule has 3 aliphatic heterocycles. The molecule has 5 nitrogen and oxygen atoms in total. The molecule has 0 radical (unpaired) electrons. The SMILES string of the molecule is C=CC[C@@H]1N(c2ccc(F)c(Cl)c2)C(=O)[C@H]2[C@@H](C(=O)[O-])[C@@H]3C=C[C@@]12O3. The summed E-state index contributed by atoms with van der Waals surface area (Å²) in [5, 5.41) is 11.5. The minimum Gasteiger partial charge on any atom is -0.550 e. The Morgan fingerprint density at radius 3 is 2.92 bits per heavy atom. The molecule has 1 amide bonds. The topological polar surface area (TPSA) is 69.7 Å². The van der Waals surface area contributed by atoms with Gasteiger partial charge in [0.1, 0.15) is 11.4 Å². The Hall–Kier alpha value is -2.18. The monoisotopic (exact) mass is 362 g/mol. The van der Waals surface area contributed by atoms with E-state index in [1.807, 2.05) is 0 Å². The van der Waals surface area contributed by atoms with Crippen molar-refractivity contribution in [3.63, 3.8) is 0 Å². The number of halogens is 2. The third kappa shape index (κ3) is 2.04. The third-order valence-electron chi connectivity index (χ3n) is 5.27. The van der Waals surface area contributed by atoms with Crippen LogP contribution in [0.1, 0.15) is 6.42 Å². The van der Waals surface area contributed by atoms with Crippen LogP contribution in [0.2, 0.25) is 5.02 Å². The molecule has 25 heavy (non-hydrogen) atoms. The van der Waals surface area contributed by atoms with Crippen molar-refractivity contribution in [2.75, 3.05) is 4.90 Å². The van der Waals surface area contributed by atoms with Crippen molar-refractivity contribution in [2.45, 2.75) is 24.2 Å². The zero-order valence-corrected chi connectivity index (χ0v) is 13.8. The highest BCUT2D eigenvalue weighted by Crippen LogP contribution is 2.56. The highest BCUT2D eigenvalue weighted by atomic mass is 35.5. The molecular formula is C18H14ClFNO4-. The van der Waals surface area contributed by atoms with Crippen LogP contribution < -0.4 is 10.0 Å². The van der Waals surface area contributed by atoms with Crippen LogP contribution in [0.5, 0.6) is 0 Å². The smallest absolute Gasteiger partial charge is 0.234 e. The number of amides is 1. The molecule has 2 bridgehead atoms. The number of anilines is 1. The highest BCUT2D eigenvalue weighted by Gasteiger charge is 2.69. The lowest BCUT2D eigenvalue weighted by atomic mass is 9.74. The molecule has 3 aliphatic rings. The molecule has 3 heterocycles. The fourth-order valence-electron chi connectivity index (χ4n) is 4.31. The average molecular weight is 363 g/mol. The van der Waals surface area contributed by atoms with E-state index in [0.717, 1.165) is 0 Å². The lowest BCUT2D eigenvalue weighted by molar-refractivity contribution is -0.313. The molecule has 1 aromatic carbocycles. The van der Waals surface area contributed by atoms with Gasteiger partial charge in [0.15, 0.2) is 0 Å². The normalized spacial score (nSPS) is 35.3. The van der Waals surface area contributed by atoms with Crippen molar-refractivity contribution in [3.05, 3.63) is 53.8 Å². The van der Waals surface area contributed by atoms with E-state index < -0.39 is 47.3 Å². The van der Waals surface area contributed by atoms with Gasteiger partial charge in [0.2, 0.25) is 5.91 Å². The molecule has 2 fully saturated rings. The number of fused-ring (bicyclic) bond motifs is 1. The Morgan fingerprint density at radius 2 is 2.28 bits per heavy atom. The first-order chi connectivity index (χ1) is 11.9. The predicted molar refractivity (Wildman–Crippen MR) is 86.2 cm³/mol. The Labute approximate surface area is 148 Å². The first kappa shape index (κ1) is 16.3. The standard InChI is InChI=1S/C18H15ClFNO4/c1-2-3-13-18-7-6-12(25-18)14(17(23)24)15(18)16(22)21(13)9-4-5-11(20)10(19)8-9/h2,4-8,12-15H,1,3H2,(H,23,24)/p-1/t12-,13-,14-,15+,18+/m0/s1. The fraction of sp³-hybridized carbons (Fsp3) is 0.333. The summed E-state index contributed by atoms with van der Waals surface area (Å²) < 4.78 is 19.5. The molecule has 4 rings (SSSR count). The number of nitrogens with zero attached hydrogens (tertiary/aromatic N) is 1. The van der Waals surface area contributed by atoms with E-state index in [0.29, 0.717) is 12.1 Å². The van der Waals surface area contributed by atoms with E-state index >= 15 is 0 Å². The molecule has 2 saturated heterocycles. The second-order valence-corrected chi connectivity index (χ2v) is 6.87. The van der Waals surface area contributed by atoms with E-state index in [2.05, 4.69) is 6.58 Å². The Bertz CT molecular complexity index is 825. The molecule has 1 spiro atoms. The van der Waals surface area contributed by atoms with Gasteiger partial charge < -0.3 is 19.5 Å². The van der Waals surface area contributed by atoms with Crippen molar-refractivity contribution < 1.29 is 23.8 Å². The number of hydrogen-bond acceptors (Lipinski definition) is 4. The van der Waals surface area contributed by atoms with Crippen molar-refractivity contribution in [2.24, 2.45) is 11.8 Å². The fourth-order valence-corrected chi connectivity index (χ4v) is 4.48. The van der Waals surface area contributed by atoms with E-state index in [-0.39, 0.29) is 5.02 Å². The lowest BCUT2D eigenvalue weighted by Crippen LogP contribution is -2.46. The van der Waals surface area contributed by atoms with Gasteiger partial charge in [0, 0.05) is 17.6 Å².